The van der Waals surface area contributed by atoms with Gasteiger partial charge in [0.15, 0.2) is 11.4 Å². The summed E-state index contributed by atoms with van der Waals surface area (Å²) >= 11 is 0. The fraction of sp³-hybridized carbons (Fsp3) is 0.615. The minimum atomic E-state index is -1.16. The van der Waals surface area contributed by atoms with E-state index in [1.165, 1.54) is 6.33 Å². The Morgan fingerprint density at radius 3 is 2.85 bits per heavy atom. The number of hydrogen-bond donors (Lipinski definition) is 2. The van der Waals surface area contributed by atoms with Gasteiger partial charge >= 0.3 is 5.97 Å². The number of hydrogen-bond acceptors (Lipinski definition) is 4. The predicted octanol–water partition coefficient (Wildman–Crippen LogP) is 0.749. The van der Waals surface area contributed by atoms with Crippen LogP contribution in [0, 0.1) is 5.92 Å². The lowest BCUT2D eigenvalue weighted by Gasteiger charge is -2.24. The van der Waals surface area contributed by atoms with Crippen molar-refractivity contribution in [1.82, 2.24) is 14.9 Å². The molecule has 1 amide bonds. The molecule has 1 aromatic rings. The van der Waals surface area contributed by atoms with Crippen LogP contribution in [-0.4, -0.2) is 57.7 Å². The van der Waals surface area contributed by atoms with E-state index in [0.29, 0.717) is 19.1 Å². The van der Waals surface area contributed by atoms with Crippen molar-refractivity contribution in [3.05, 3.63) is 17.7 Å². The minimum Gasteiger partial charge on any atom is -0.477 e. The summed E-state index contributed by atoms with van der Waals surface area (Å²) < 4.78 is 5.34. The Morgan fingerprint density at radius 1 is 1.45 bits per heavy atom. The Kier molecular flexibility index (Phi) is 3.43. The molecular weight excluding hydrogens is 262 g/mol. The number of rotatable bonds is 5. The zero-order chi connectivity index (χ0) is 14.1. The molecule has 2 heterocycles. The molecule has 7 nitrogen and oxygen atoms in total. The van der Waals surface area contributed by atoms with E-state index in [1.807, 2.05) is 0 Å². The summed E-state index contributed by atoms with van der Waals surface area (Å²) in [4.78, 5) is 31.8. The zero-order valence-electron chi connectivity index (χ0n) is 11.0. The van der Waals surface area contributed by atoms with Crippen molar-refractivity contribution >= 4 is 11.9 Å². The van der Waals surface area contributed by atoms with Gasteiger partial charge in [-0.2, -0.15) is 0 Å². The molecular formula is C13H17N3O4. The Hall–Kier alpha value is -1.89. The maximum Gasteiger partial charge on any atom is 0.354 e. The van der Waals surface area contributed by atoms with Gasteiger partial charge in [-0.25, -0.2) is 9.78 Å². The van der Waals surface area contributed by atoms with Crippen molar-refractivity contribution in [1.29, 1.82) is 0 Å². The number of aromatic amines is 1. The van der Waals surface area contributed by atoms with Gasteiger partial charge in [0, 0.05) is 25.1 Å². The van der Waals surface area contributed by atoms with Gasteiger partial charge < -0.3 is 19.7 Å². The molecule has 1 aromatic heterocycles. The van der Waals surface area contributed by atoms with Gasteiger partial charge in [-0.05, 0) is 19.3 Å². The quantitative estimate of drug-likeness (QED) is 0.829. The standard InChI is InChI=1S/C13H17N3O4/c17-12(10-11(13(18)19)15-7-14-10)16(9-1-2-9)5-8-3-4-20-6-8/h7-9H,1-6H2,(H,14,15)(H,18,19). The molecule has 20 heavy (non-hydrogen) atoms. The van der Waals surface area contributed by atoms with Gasteiger partial charge in [0.1, 0.15) is 0 Å². The number of H-pyrrole nitrogens is 1. The summed E-state index contributed by atoms with van der Waals surface area (Å²) in [5.74, 6) is -1.12. The van der Waals surface area contributed by atoms with Crippen LogP contribution < -0.4 is 0 Å². The molecule has 0 spiro atoms. The molecule has 2 aliphatic rings. The second kappa shape index (κ2) is 5.24. The number of carbonyl (C=O) groups excluding carboxylic acids is 1. The van der Waals surface area contributed by atoms with E-state index in [0.717, 1.165) is 25.9 Å². The molecule has 1 unspecified atom stereocenters. The first kappa shape index (κ1) is 13.1. The lowest BCUT2D eigenvalue weighted by Crippen LogP contribution is -2.38. The van der Waals surface area contributed by atoms with Crippen LogP contribution in [-0.2, 0) is 4.74 Å². The van der Waals surface area contributed by atoms with Gasteiger partial charge in [-0.15, -0.1) is 0 Å². The van der Waals surface area contributed by atoms with Crippen LogP contribution in [0.4, 0.5) is 0 Å². The lowest BCUT2D eigenvalue weighted by atomic mass is 10.1. The number of aromatic nitrogens is 2. The van der Waals surface area contributed by atoms with Gasteiger partial charge in [-0.3, -0.25) is 4.79 Å². The molecule has 108 valence electrons. The molecule has 0 bridgehead atoms. The molecule has 7 heteroatoms. The van der Waals surface area contributed by atoms with Crippen LogP contribution in [0.1, 0.15) is 40.2 Å². The van der Waals surface area contributed by atoms with Crippen molar-refractivity contribution in [2.45, 2.75) is 25.3 Å². The van der Waals surface area contributed by atoms with Crippen LogP contribution in [0.3, 0.4) is 0 Å². The highest BCUT2D eigenvalue weighted by atomic mass is 16.5. The predicted molar refractivity (Wildman–Crippen MR) is 68.5 cm³/mol. The van der Waals surface area contributed by atoms with Gasteiger partial charge in [0.25, 0.3) is 5.91 Å². The van der Waals surface area contributed by atoms with E-state index in [-0.39, 0.29) is 23.3 Å². The largest absolute Gasteiger partial charge is 0.477 e. The smallest absolute Gasteiger partial charge is 0.354 e. The average molecular weight is 279 g/mol. The zero-order valence-corrected chi connectivity index (χ0v) is 11.0. The molecule has 1 saturated carbocycles. The van der Waals surface area contributed by atoms with Gasteiger partial charge in [0.05, 0.1) is 12.9 Å². The highest BCUT2D eigenvalue weighted by molar-refractivity contribution is 6.02. The van der Waals surface area contributed by atoms with Crippen LogP contribution >= 0.6 is 0 Å². The molecule has 1 saturated heterocycles. The topological polar surface area (TPSA) is 95.5 Å². The Labute approximate surface area is 115 Å². The Balaban J connectivity index is 1.77. The number of carbonyl (C=O) groups is 2. The number of nitrogens with zero attached hydrogens (tertiary/aromatic N) is 2. The first-order valence-corrected chi connectivity index (χ1v) is 6.82. The summed E-state index contributed by atoms with van der Waals surface area (Å²) in [6, 6.07) is 0.224. The maximum absolute atomic E-state index is 12.5. The van der Waals surface area contributed by atoms with Crippen LogP contribution in [0.25, 0.3) is 0 Å². The van der Waals surface area contributed by atoms with Gasteiger partial charge in [0.2, 0.25) is 0 Å². The first-order valence-electron chi connectivity index (χ1n) is 6.82. The van der Waals surface area contributed by atoms with E-state index in [4.69, 9.17) is 9.84 Å². The van der Waals surface area contributed by atoms with E-state index in [9.17, 15) is 9.59 Å². The summed E-state index contributed by atoms with van der Waals surface area (Å²) in [6.07, 6.45) is 4.15. The second-order valence-corrected chi connectivity index (χ2v) is 5.35. The third kappa shape index (κ3) is 2.53. The average Bonchev–Trinajstić information content (AvgIpc) is 2.95. The van der Waals surface area contributed by atoms with Crippen molar-refractivity contribution in [2.24, 2.45) is 5.92 Å². The van der Waals surface area contributed by atoms with Crippen LogP contribution in [0.2, 0.25) is 0 Å². The first-order chi connectivity index (χ1) is 9.66. The Morgan fingerprint density at radius 2 is 2.25 bits per heavy atom. The van der Waals surface area contributed by atoms with Crippen molar-refractivity contribution in [3.8, 4) is 0 Å². The van der Waals surface area contributed by atoms with Crippen molar-refractivity contribution in [2.75, 3.05) is 19.8 Å². The minimum absolute atomic E-state index is 0.00307. The summed E-state index contributed by atoms with van der Waals surface area (Å²) in [6.45, 7) is 2.03. The number of imidazole rings is 1. The summed E-state index contributed by atoms with van der Waals surface area (Å²) in [5, 5.41) is 9.06. The number of ether oxygens (including phenoxy) is 1. The fourth-order valence-electron chi connectivity index (χ4n) is 2.54. The maximum atomic E-state index is 12.5. The van der Waals surface area contributed by atoms with Gasteiger partial charge in [-0.1, -0.05) is 0 Å². The van der Waals surface area contributed by atoms with E-state index < -0.39 is 5.97 Å². The molecule has 1 aliphatic carbocycles. The lowest BCUT2D eigenvalue weighted by molar-refractivity contribution is 0.0652. The van der Waals surface area contributed by atoms with E-state index >= 15 is 0 Å². The highest BCUT2D eigenvalue weighted by Crippen LogP contribution is 2.30. The second-order valence-electron chi connectivity index (χ2n) is 5.35. The molecule has 1 atom stereocenters. The highest BCUT2D eigenvalue weighted by Gasteiger charge is 2.37. The monoisotopic (exact) mass is 279 g/mol. The molecule has 1 aliphatic heterocycles. The number of carboxylic acid groups (broad SMARTS) is 1. The molecule has 2 fully saturated rings. The van der Waals surface area contributed by atoms with E-state index in [2.05, 4.69) is 9.97 Å². The third-order valence-corrected chi connectivity index (χ3v) is 3.78. The Bertz CT molecular complexity index is 517. The summed E-state index contributed by atoms with van der Waals surface area (Å²) in [5.41, 5.74) is -0.133. The number of carboxylic acids is 1. The van der Waals surface area contributed by atoms with Crippen molar-refractivity contribution in [3.63, 3.8) is 0 Å². The third-order valence-electron chi connectivity index (χ3n) is 3.78. The molecule has 2 N–H and O–H groups in total. The molecule has 0 radical (unpaired) electrons. The molecule has 3 rings (SSSR count). The van der Waals surface area contributed by atoms with E-state index in [1.54, 1.807) is 4.90 Å². The SMILES string of the molecule is O=C(O)c1[nH]cnc1C(=O)N(CC1CCOC1)C1CC1. The fourth-order valence-corrected chi connectivity index (χ4v) is 2.54. The number of aromatic carboxylic acids is 1. The van der Waals surface area contributed by atoms with Crippen LogP contribution in [0.15, 0.2) is 6.33 Å². The summed E-state index contributed by atoms with van der Waals surface area (Å²) in [7, 11) is 0. The molecule has 0 aromatic carbocycles. The number of amides is 1. The van der Waals surface area contributed by atoms with Crippen molar-refractivity contribution < 1.29 is 19.4 Å². The van der Waals surface area contributed by atoms with Crippen LogP contribution in [0.5, 0.6) is 0 Å². The normalized spacial score (nSPS) is 21.9. The number of nitrogens with one attached hydrogen (secondary N) is 1.